The summed E-state index contributed by atoms with van der Waals surface area (Å²) >= 11 is 6.07. The minimum atomic E-state index is -0.539. The molecule has 1 N–H and O–H groups in total. The van der Waals surface area contributed by atoms with Gasteiger partial charge in [0.05, 0.1) is 12.6 Å². The van der Waals surface area contributed by atoms with Crippen molar-refractivity contribution in [1.29, 1.82) is 0 Å². The predicted molar refractivity (Wildman–Crippen MR) is 88.3 cm³/mol. The Kier molecular flexibility index (Phi) is 7.96. The SMILES string of the molecule is COc1cc2c(Cl)ncnc2cc1OCC(O)CN1CCCC1.[Ac]. The van der Waals surface area contributed by atoms with E-state index in [1.54, 1.807) is 19.2 Å². The number of hydrogen-bond acceptors (Lipinski definition) is 6. The number of nitrogens with zero attached hydrogens (tertiary/aromatic N) is 3. The summed E-state index contributed by atoms with van der Waals surface area (Å²) in [4.78, 5) is 10.4. The Hall–Kier alpha value is -0.188. The van der Waals surface area contributed by atoms with Crippen LogP contribution in [0, 0.1) is 44.1 Å². The van der Waals surface area contributed by atoms with Gasteiger partial charge in [-0.05, 0) is 32.0 Å². The molecule has 2 aromatic rings. The van der Waals surface area contributed by atoms with Crippen LogP contribution >= 0.6 is 11.6 Å². The normalized spacial score (nSPS) is 16.0. The number of methoxy groups -OCH3 is 1. The number of benzene rings is 1. The zero-order chi connectivity index (χ0) is 16.2. The third-order valence-corrected chi connectivity index (χ3v) is 4.27. The molecule has 6 nitrogen and oxygen atoms in total. The summed E-state index contributed by atoms with van der Waals surface area (Å²) in [5, 5.41) is 11.2. The van der Waals surface area contributed by atoms with Crippen molar-refractivity contribution in [2.45, 2.75) is 18.9 Å². The molecule has 1 radical (unpaired) electrons. The Morgan fingerprint density at radius 2 is 2.00 bits per heavy atom. The van der Waals surface area contributed by atoms with Crippen LogP contribution in [-0.2, 0) is 0 Å². The van der Waals surface area contributed by atoms with Crippen LogP contribution in [0.4, 0.5) is 0 Å². The fourth-order valence-corrected chi connectivity index (χ4v) is 3.00. The summed E-state index contributed by atoms with van der Waals surface area (Å²) in [6.07, 6.45) is 3.27. The molecule has 2 heterocycles. The standard InChI is InChI=1S/C16H20ClN3O3.Ac/c1-22-14-6-12-13(18-10-19-16(12)17)7-15(14)23-9-11(21)8-20-4-2-3-5-20;/h6-7,10-11,21H,2-5,8-9H2,1H3;. The molecule has 1 aromatic carbocycles. The molecule has 1 atom stereocenters. The van der Waals surface area contributed by atoms with Gasteiger partial charge in [0.15, 0.2) is 11.5 Å². The van der Waals surface area contributed by atoms with Crippen LogP contribution in [0.2, 0.25) is 5.15 Å². The van der Waals surface area contributed by atoms with E-state index in [2.05, 4.69) is 14.9 Å². The minimum Gasteiger partial charge on any atom is -0.493 e. The second-order valence-electron chi connectivity index (χ2n) is 5.66. The molecule has 0 spiro atoms. The molecule has 127 valence electrons. The first-order valence-electron chi connectivity index (χ1n) is 7.69. The summed E-state index contributed by atoms with van der Waals surface area (Å²) in [6.45, 7) is 2.93. The first kappa shape index (κ1) is 20.1. The van der Waals surface area contributed by atoms with Crippen LogP contribution in [0.15, 0.2) is 18.5 Å². The van der Waals surface area contributed by atoms with Crippen LogP contribution in [0.3, 0.4) is 0 Å². The van der Waals surface area contributed by atoms with E-state index in [1.807, 2.05) is 0 Å². The molecule has 1 unspecified atom stereocenters. The fraction of sp³-hybridized carbons (Fsp3) is 0.500. The van der Waals surface area contributed by atoms with Crippen molar-refractivity contribution in [2.75, 3.05) is 33.4 Å². The zero-order valence-corrected chi connectivity index (χ0v) is 19.1. The Labute approximate surface area is 182 Å². The average molecular weight is 565 g/mol. The van der Waals surface area contributed by atoms with Gasteiger partial charge < -0.3 is 19.5 Å². The maximum Gasteiger partial charge on any atom is 0.163 e. The molecule has 1 saturated heterocycles. The van der Waals surface area contributed by atoms with Gasteiger partial charge in [0.2, 0.25) is 0 Å². The molecule has 3 rings (SSSR count). The molecular weight excluding hydrogens is 545 g/mol. The number of fused-ring (bicyclic) bond motifs is 1. The van der Waals surface area contributed by atoms with E-state index in [9.17, 15) is 5.11 Å². The monoisotopic (exact) mass is 564 g/mol. The molecule has 1 aliphatic heterocycles. The maximum atomic E-state index is 10.1. The van der Waals surface area contributed by atoms with Gasteiger partial charge in [-0.15, -0.1) is 0 Å². The van der Waals surface area contributed by atoms with Gasteiger partial charge in [-0.1, -0.05) is 11.6 Å². The second-order valence-corrected chi connectivity index (χ2v) is 6.02. The first-order chi connectivity index (χ1) is 11.2. The molecule has 1 fully saturated rings. The van der Waals surface area contributed by atoms with Gasteiger partial charge >= 0.3 is 0 Å². The second kappa shape index (κ2) is 9.49. The van der Waals surface area contributed by atoms with Crippen LogP contribution in [0.25, 0.3) is 10.9 Å². The molecule has 0 saturated carbocycles. The average Bonchev–Trinajstić information content (AvgIpc) is 3.05. The zero-order valence-electron chi connectivity index (χ0n) is 13.6. The molecule has 24 heavy (non-hydrogen) atoms. The molecular formula is C16H20AcClN3O3. The van der Waals surface area contributed by atoms with Crippen molar-refractivity contribution in [3.8, 4) is 11.5 Å². The number of β-amino-alcohol motifs (C(OH)–C–C–N with tert-alkyl or cyclic N) is 1. The van der Waals surface area contributed by atoms with Crippen molar-refractivity contribution in [3.63, 3.8) is 0 Å². The van der Waals surface area contributed by atoms with Gasteiger partial charge in [-0.2, -0.15) is 0 Å². The van der Waals surface area contributed by atoms with E-state index in [-0.39, 0.29) is 50.7 Å². The number of aromatic nitrogens is 2. The molecule has 1 aliphatic rings. The molecule has 1 aromatic heterocycles. The van der Waals surface area contributed by atoms with Crippen LogP contribution in [-0.4, -0.2) is 59.4 Å². The first-order valence-corrected chi connectivity index (χ1v) is 8.06. The van der Waals surface area contributed by atoms with E-state index in [1.165, 1.54) is 19.2 Å². The number of aliphatic hydroxyl groups is 1. The van der Waals surface area contributed by atoms with Crippen molar-refractivity contribution in [1.82, 2.24) is 14.9 Å². The molecule has 0 bridgehead atoms. The predicted octanol–water partition coefficient (Wildman–Crippen LogP) is 2.13. The van der Waals surface area contributed by atoms with E-state index in [0.29, 0.717) is 34.1 Å². The molecule has 8 heteroatoms. The Morgan fingerprint density at radius 1 is 1.25 bits per heavy atom. The fourth-order valence-electron chi connectivity index (χ4n) is 2.81. The summed E-state index contributed by atoms with van der Waals surface area (Å²) in [5.41, 5.74) is 0.676. The number of rotatable bonds is 6. The Bertz CT molecular complexity index is 683. The van der Waals surface area contributed by atoms with Gasteiger partial charge in [0.25, 0.3) is 0 Å². The van der Waals surface area contributed by atoms with Crippen molar-refractivity contribution >= 4 is 22.5 Å². The molecule has 0 amide bonds. The maximum absolute atomic E-state index is 10.1. The smallest absolute Gasteiger partial charge is 0.163 e. The summed E-state index contributed by atoms with van der Waals surface area (Å²) in [6, 6.07) is 3.50. The Morgan fingerprint density at radius 3 is 2.71 bits per heavy atom. The number of likely N-dealkylation sites (tertiary alicyclic amines) is 1. The minimum absolute atomic E-state index is 0. The number of ether oxygens (including phenoxy) is 2. The third kappa shape index (κ3) is 4.92. The van der Waals surface area contributed by atoms with E-state index in [0.717, 1.165) is 13.1 Å². The van der Waals surface area contributed by atoms with E-state index >= 15 is 0 Å². The van der Waals surface area contributed by atoms with E-state index < -0.39 is 6.10 Å². The van der Waals surface area contributed by atoms with Gasteiger partial charge in [0, 0.05) is 62.1 Å². The van der Waals surface area contributed by atoms with E-state index in [4.69, 9.17) is 21.1 Å². The van der Waals surface area contributed by atoms with Crippen LogP contribution in [0.5, 0.6) is 11.5 Å². The van der Waals surface area contributed by atoms with Gasteiger partial charge in [-0.25, -0.2) is 9.97 Å². The van der Waals surface area contributed by atoms with Crippen molar-refractivity contribution in [2.24, 2.45) is 0 Å². The van der Waals surface area contributed by atoms with Crippen molar-refractivity contribution in [3.05, 3.63) is 23.6 Å². The van der Waals surface area contributed by atoms with Crippen molar-refractivity contribution < 1.29 is 58.6 Å². The van der Waals surface area contributed by atoms with Gasteiger partial charge in [0.1, 0.15) is 24.2 Å². The summed E-state index contributed by atoms with van der Waals surface area (Å²) < 4.78 is 11.1. The Balaban J connectivity index is 0.00000208. The topological polar surface area (TPSA) is 67.7 Å². The van der Waals surface area contributed by atoms with Crippen LogP contribution < -0.4 is 9.47 Å². The number of hydrogen-bond donors (Lipinski definition) is 1. The van der Waals surface area contributed by atoms with Crippen LogP contribution in [0.1, 0.15) is 12.8 Å². The molecule has 0 aliphatic carbocycles. The quantitative estimate of drug-likeness (QED) is 0.543. The number of halogens is 1. The summed E-state index contributed by atoms with van der Waals surface area (Å²) in [7, 11) is 1.56. The largest absolute Gasteiger partial charge is 0.493 e. The third-order valence-electron chi connectivity index (χ3n) is 3.97. The van der Waals surface area contributed by atoms with Gasteiger partial charge in [-0.3, -0.25) is 0 Å². The summed E-state index contributed by atoms with van der Waals surface area (Å²) in [5.74, 6) is 1.08. The number of aliphatic hydroxyl groups excluding tert-OH is 1.